The van der Waals surface area contributed by atoms with Crippen LogP contribution in [0.15, 0.2) is 29.4 Å². The molecule has 6 nitrogen and oxygen atoms in total. The molecule has 0 radical (unpaired) electrons. The number of nitrogens with zero attached hydrogens (tertiary/aromatic N) is 3. The number of hydrogen-bond acceptors (Lipinski definition) is 6. The Morgan fingerprint density at radius 3 is 2.53 bits per heavy atom. The first kappa shape index (κ1) is 14.2. The second-order valence-corrected chi connectivity index (χ2v) is 7.59. The van der Waals surface area contributed by atoms with E-state index in [1.165, 1.54) is 35.1 Å². The lowest BCUT2D eigenvalue weighted by Crippen LogP contribution is -2.26. The van der Waals surface area contributed by atoms with Crippen LogP contribution in [-0.4, -0.2) is 29.7 Å². The lowest BCUT2D eigenvalue weighted by atomic mass is 10.5. The minimum Gasteiger partial charge on any atom is -0.368 e. The summed E-state index contributed by atoms with van der Waals surface area (Å²) in [5.41, 5.74) is 5.33. The van der Waals surface area contributed by atoms with Crippen LogP contribution in [0, 0.1) is 0 Å². The third-order valence-corrected chi connectivity index (χ3v) is 5.34. The van der Waals surface area contributed by atoms with Crippen molar-refractivity contribution in [3.05, 3.63) is 33.7 Å². The normalized spacial score (nSPS) is 11.9. The Hall–Kier alpha value is -1.22. The van der Waals surface area contributed by atoms with Crippen molar-refractivity contribution in [2.75, 3.05) is 12.8 Å². The molecule has 0 aromatic carbocycles. The highest BCUT2D eigenvalue weighted by Gasteiger charge is 2.22. The van der Waals surface area contributed by atoms with E-state index >= 15 is 0 Å². The molecule has 102 valence electrons. The summed E-state index contributed by atoms with van der Waals surface area (Å²) in [6.07, 6.45) is 2.38. The van der Waals surface area contributed by atoms with E-state index in [1.807, 2.05) is 0 Å². The van der Waals surface area contributed by atoms with Gasteiger partial charge in [-0.1, -0.05) is 11.6 Å². The van der Waals surface area contributed by atoms with Gasteiger partial charge in [0.2, 0.25) is 16.0 Å². The average molecular weight is 319 g/mol. The minimum absolute atomic E-state index is 0.00635. The molecular weight excluding hydrogens is 308 g/mol. The molecule has 0 saturated heterocycles. The van der Waals surface area contributed by atoms with Crippen LogP contribution in [0.2, 0.25) is 4.34 Å². The van der Waals surface area contributed by atoms with E-state index in [1.54, 1.807) is 12.1 Å². The first-order valence-corrected chi connectivity index (χ1v) is 7.81. The van der Waals surface area contributed by atoms with Crippen LogP contribution in [0.3, 0.4) is 0 Å². The summed E-state index contributed by atoms with van der Waals surface area (Å²) in [4.78, 5) is 8.22. The second kappa shape index (κ2) is 5.41. The molecule has 2 aromatic rings. The molecular formula is C10H11ClN4O2S2. The van der Waals surface area contributed by atoms with Crippen molar-refractivity contribution in [1.29, 1.82) is 0 Å². The van der Waals surface area contributed by atoms with Crippen LogP contribution < -0.4 is 5.73 Å². The number of sulfonamides is 1. The zero-order chi connectivity index (χ0) is 14.0. The average Bonchev–Trinajstić information content (AvgIpc) is 2.75. The number of anilines is 1. The largest absolute Gasteiger partial charge is 0.368 e. The molecule has 0 unspecified atom stereocenters. The van der Waals surface area contributed by atoms with Gasteiger partial charge in [-0.05, 0) is 12.1 Å². The Kier molecular flexibility index (Phi) is 4.04. The second-order valence-electron chi connectivity index (χ2n) is 3.74. The third-order valence-electron chi connectivity index (χ3n) is 2.36. The maximum atomic E-state index is 12.2. The van der Waals surface area contributed by atoms with Gasteiger partial charge in [-0.3, -0.25) is 0 Å². The molecule has 2 N–H and O–H groups in total. The highest BCUT2D eigenvalue weighted by Crippen LogP contribution is 2.24. The first-order chi connectivity index (χ1) is 8.89. The lowest BCUT2D eigenvalue weighted by Gasteiger charge is -2.15. The molecule has 0 aliphatic carbocycles. The zero-order valence-corrected chi connectivity index (χ0v) is 12.3. The van der Waals surface area contributed by atoms with Crippen molar-refractivity contribution in [1.82, 2.24) is 14.3 Å². The maximum Gasteiger partial charge on any atom is 0.246 e. The fourth-order valence-corrected chi connectivity index (χ4v) is 3.64. The van der Waals surface area contributed by atoms with Gasteiger partial charge in [0.15, 0.2) is 0 Å². The summed E-state index contributed by atoms with van der Waals surface area (Å²) >= 11 is 7.15. The molecule has 0 fully saturated rings. The Balaban J connectivity index is 2.21. The number of rotatable bonds is 4. The first-order valence-electron chi connectivity index (χ1n) is 5.17. The number of nitrogen functional groups attached to an aromatic ring is 1. The van der Waals surface area contributed by atoms with Gasteiger partial charge in [0.25, 0.3) is 0 Å². The van der Waals surface area contributed by atoms with Gasteiger partial charge in [0.05, 0.1) is 16.7 Å². The molecule has 2 rings (SSSR count). The van der Waals surface area contributed by atoms with E-state index in [4.69, 9.17) is 17.3 Å². The fourth-order valence-electron chi connectivity index (χ4n) is 1.38. The van der Waals surface area contributed by atoms with Gasteiger partial charge in [-0.2, -0.15) is 4.31 Å². The Bertz CT molecular complexity index is 669. The van der Waals surface area contributed by atoms with Gasteiger partial charge in [-0.25, -0.2) is 18.4 Å². The smallest absolute Gasteiger partial charge is 0.246 e. The number of halogens is 1. The van der Waals surface area contributed by atoms with Crippen molar-refractivity contribution in [2.24, 2.45) is 0 Å². The Labute approximate surface area is 119 Å². The van der Waals surface area contributed by atoms with Crippen molar-refractivity contribution in [3.63, 3.8) is 0 Å². The summed E-state index contributed by atoms with van der Waals surface area (Å²) in [5, 5.41) is 0. The van der Waals surface area contributed by atoms with Crippen LogP contribution in [0.25, 0.3) is 0 Å². The van der Waals surface area contributed by atoms with E-state index in [9.17, 15) is 8.42 Å². The molecule has 9 heteroatoms. The minimum atomic E-state index is -3.63. The van der Waals surface area contributed by atoms with Crippen LogP contribution in [0.5, 0.6) is 0 Å². The molecule has 2 aromatic heterocycles. The Morgan fingerprint density at radius 1 is 1.37 bits per heavy atom. The fraction of sp³-hybridized carbons (Fsp3) is 0.200. The van der Waals surface area contributed by atoms with Gasteiger partial charge in [0.1, 0.15) is 4.90 Å². The third kappa shape index (κ3) is 3.21. The number of aromatic nitrogens is 2. The van der Waals surface area contributed by atoms with E-state index in [0.29, 0.717) is 4.34 Å². The molecule has 0 bridgehead atoms. The van der Waals surface area contributed by atoms with Crippen LogP contribution in [0.4, 0.5) is 5.95 Å². The van der Waals surface area contributed by atoms with E-state index in [-0.39, 0.29) is 17.4 Å². The molecule has 0 aliphatic heterocycles. The van der Waals surface area contributed by atoms with E-state index < -0.39 is 10.0 Å². The molecule has 0 saturated carbocycles. The van der Waals surface area contributed by atoms with Gasteiger partial charge < -0.3 is 5.73 Å². The molecule has 0 aliphatic rings. The zero-order valence-electron chi connectivity index (χ0n) is 9.95. The quantitative estimate of drug-likeness (QED) is 0.924. The summed E-state index contributed by atoms with van der Waals surface area (Å²) in [6, 6.07) is 3.52. The van der Waals surface area contributed by atoms with Crippen molar-refractivity contribution in [2.45, 2.75) is 11.4 Å². The maximum absolute atomic E-state index is 12.2. The predicted octanol–water partition coefficient (Wildman–Crippen LogP) is 1.59. The summed E-state index contributed by atoms with van der Waals surface area (Å²) in [7, 11) is -2.14. The Morgan fingerprint density at radius 2 is 2.00 bits per heavy atom. The van der Waals surface area contributed by atoms with Crippen LogP contribution in [0.1, 0.15) is 4.88 Å². The topological polar surface area (TPSA) is 89.2 Å². The SMILES string of the molecule is CN(Cc1ccc(Cl)s1)S(=O)(=O)c1cnc(N)nc1. The summed E-state index contributed by atoms with van der Waals surface area (Å²) in [5.74, 6) is 0.0339. The molecule has 0 atom stereocenters. The van der Waals surface area contributed by atoms with Crippen molar-refractivity contribution >= 4 is 38.9 Å². The lowest BCUT2D eigenvalue weighted by molar-refractivity contribution is 0.469. The summed E-state index contributed by atoms with van der Waals surface area (Å²) in [6.45, 7) is 0.240. The standard InChI is InChI=1S/C10H11ClN4O2S2/c1-15(6-7-2-3-9(11)18-7)19(16,17)8-4-13-10(12)14-5-8/h2-5H,6H2,1H3,(H2,12,13,14). The van der Waals surface area contributed by atoms with E-state index in [0.717, 1.165) is 4.88 Å². The van der Waals surface area contributed by atoms with E-state index in [2.05, 4.69) is 9.97 Å². The summed E-state index contributed by atoms with van der Waals surface area (Å²) < 4.78 is 26.3. The number of thiophene rings is 1. The van der Waals surface area contributed by atoms with Crippen molar-refractivity contribution < 1.29 is 8.42 Å². The molecule has 19 heavy (non-hydrogen) atoms. The molecule has 0 amide bonds. The number of hydrogen-bond donors (Lipinski definition) is 1. The number of nitrogens with two attached hydrogens (primary N) is 1. The monoisotopic (exact) mass is 318 g/mol. The van der Waals surface area contributed by atoms with Crippen LogP contribution in [-0.2, 0) is 16.6 Å². The highest BCUT2D eigenvalue weighted by molar-refractivity contribution is 7.89. The molecule has 2 heterocycles. The molecule has 0 spiro atoms. The van der Waals surface area contributed by atoms with Crippen molar-refractivity contribution in [3.8, 4) is 0 Å². The van der Waals surface area contributed by atoms with Gasteiger partial charge in [0, 0.05) is 18.5 Å². The van der Waals surface area contributed by atoms with Gasteiger partial charge in [-0.15, -0.1) is 11.3 Å². The predicted molar refractivity (Wildman–Crippen MR) is 74.4 cm³/mol. The van der Waals surface area contributed by atoms with Crippen LogP contribution >= 0.6 is 22.9 Å². The highest BCUT2D eigenvalue weighted by atomic mass is 35.5. The van der Waals surface area contributed by atoms with Gasteiger partial charge >= 0.3 is 0 Å².